The van der Waals surface area contributed by atoms with E-state index in [-0.39, 0.29) is 11.2 Å². The zero-order valence-electron chi connectivity index (χ0n) is 14.9. The highest BCUT2D eigenvalue weighted by atomic mass is 35.5. The van der Waals surface area contributed by atoms with Crippen molar-refractivity contribution in [1.29, 1.82) is 0 Å². The molecule has 136 valence electrons. The van der Waals surface area contributed by atoms with Crippen LogP contribution < -0.4 is 11.2 Å². The molecular weight excluding hydrogens is 380 g/mol. The third-order valence-corrected chi connectivity index (χ3v) is 5.90. The Morgan fingerprint density at radius 1 is 1.00 bits per heavy atom. The normalized spacial score (nSPS) is 11.2. The first kappa shape index (κ1) is 17.8. The minimum atomic E-state index is -0.361. The maximum atomic E-state index is 13.3. The van der Waals surface area contributed by atoms with Crippen molar-refractivity contribution in [1.82, 2.24) is 9.13 Å². The maximum absolute atomic E-state index is 13.3. The Kier molecular flexibility index (Phi) is 4.50. The van der Waals surface area contributed by atoms with Crippen LogP contribution in [-0.4, -0.2) is 9.13 Å². The molecule has 0 aliphatic rings. The molecule has 0 bridgehead atoms. The number of nitrogens with zero attached hydrogens (tertiary/aromatic N) is 2. The van der Waals surface area contributed by atoms with Crippen LogP contribution in [0.4, 0.5) is 0 Å². The van der Waals surface area contributed by atoms with E-state index in [9.17, 15) is 9.59 Å². The summed E-state index contributed by atoms with van der Waals surface area (Å²) >= 11 is 7.55. The lowest BCUT2D eigenvalue weighted by atomic mass is 10.1. The molecule has 2 heterocycles. The summed E-state index contributed by atoms with van der Waals surface area (Å²) in [4.78, 5) is 28.1. The fourth-order valence-corrected chi connectivity index (χ4v) is 4.39. The number of halogens is 1. The highest BCUT2D eigenvalue weighted by molar-refractivity contribution is 7.18. The zero-order chi connectivity index (χ0) is 19.1. The molecule has 0 fully saturated rings. The molecule has 0 atom stereocenters. The first-order valence-corrected chi connectivity index (χ1v) is 9.71. The number of hydrogen-bond acceptors (Lipinski definition) is 3. The van der Waals surface area contributed by atoms with E-state index in [1.54, 1.807) is 28.8 Å². The van der Waals surface area contributed by atoms with Crippen molar-refractivity contribution >= 4 is 33.2 Å². The van der Waals surface area contributed by atoms with Gasteiger partial charge in [-0.3, -0.25) is 9.36 Å². The molecule has 2 aromatic heterocycles. The second-order valence-electron chi connectivity index (χ2n) is 6.49. The predicted molar refractivity (Wildman–Crippen MR) is 112 cm³/mol. The standard InChI is InChI=1S/C21H17ClN2O2S/c1-13-6-3-4-7-15(13)12-23-20-18(10-14(2)27-20)19(25)24(21(23)26)17-9-5-8-16(22)11-17/h3-11H,12H2,1-2H3. The Morgan fingerprint density at radius 3 is 2.52 bits per heavy atom. The van der Waals surface area contributed by atoms with Gasteiger partial charge in [-0.25, -0.2) is 9.36 Å². The van der Waals surface area contributed by atoms with Crippen LogP contribution in [0.5, 0.6) is 0 Å². The van der Waals surface area contributed by atoms with Gasteiger partial charge in [0.05, 0.1) is 17.6 Å². The molecule has 0 aliphatic carbocycles. The molecule has 0 saturated heterocycles. The highest BCUT2D eigenvalue weighted by Crippen LogP contribution is 2.23. The average molecular weight is 397 g/mol. The van der Waals surface area contributed by atoms with Gasteiger partial charge in [0.1, 0.15) is 4.83 Å². The van der Waals surface area contributed by atoms with Crippen molar-refractivity contribution < 1.29 is 0 Å². The average Bonchev–Trinajstić information content (AvgIpc) is 3.02. The molecule has 6 heteroatoms. The van der Waals surface area contributed by atoms with Gasteiger partial charge in [-0.05, 0) is 49.2 Å². The fourth-order valence-electron chi connectivity index (χ4n) is 3.21. The Morgan fingerprint density at radius 2 is 1.78 bits per heavy atom. The summed E-state index contributed by atoms with van der Waals surface area (Å²) in [5, 5.41) is 1.02. The molecule has 0 aliphatic heterocycles. The van der Waals surface area contributed by atoms with Crippen LogP contribution in [0.3, 0.4) is 0 Å². The number of rotatable bonds is 3. The van der Waals surface area contributed by atoms with Gasteiger partial charge < -0.3 is 0 Å². The van der Waals surface area contributed by atoms with E-state index in [1.807, 2.05) is 44.2 Å². The van der Waals surface area contributed by atoms with Crippen molar-refractivity contribution in [3.63, 3.8) is 0 Å². The van der Waals surface area contributed by atoms with E-state index in [0.29, 0.717) is 27.5 Å². The molecule has 0 unspecified atom stereocenters. The lowest BCUT2D eigenvalue weighted by Crippen LogP contribution is -2.38. The second-order valence-corrected chi connectivity index (χ2v) is 8.16. The lowest BCUT2D eigenvalue weighted by molar-refractivity contribution is 0.717. The van der Waals surface area contributed by atoms with Crippen LogP contribution in [0, 0.1) is 13.8 Å². The smallest absolute Gasteiger partial charge is 0.279 e. The largest absolute Gasteiger partial charge is 0.337 e. The number of benzene rings is 2. The van der Waals surface area contributed by atoms with Gasteiger partial charge >= 0.3 is 5.69 Å². The summed E-state index contributed by atoms with van der Waals surface area (Å²) in [6, 6.07) is 16.6. The summed E-state index contributed by atoms with van der Waals surface area (Å²) in [5.41, 5.74) is 1.94. The molecule has 27 heavy (non-hydrogen) atoms. The van der Waals surface area contributed by atoms with E-state index in [2.05, 4.69) is 0 Å². The third kappa shape index (κ3) is 3.13. The van der Waals surface area contributed by atoms with E-state index in [0.717, 1.165) is 16.0 Å². The van der Waals surface area contributed by atoms with E-state index >= 15 is 0 Å². The Bertz CT molecular complexity index is 1280. The molecular formula is C21H17ClN2O2S. The summed E-state index contributed by atoms with van der Waals surface area (Å²) in [5.74, 6) is 0. The minimum Gasteiger partial charge on any atom is -0.279 e. The van der Waals surface area contributed by atoms with Gasteiger partial charge in [-0.15, -0.1) is 11.3 Å². The van der Waals surface area contributed by atoms with Crippen molar-refractivity contribution in [3.05, 3.63) is 96.5 Å². The number of hydrogen-bond donors (Lipinski definition) is 0. The summed E-state index contributed by atoms with van der Waals surface area (Å²) in [6.07, 6.45) is 0. The van der Waals surface area contributed by atoms with Crippen molar-refractivity contribution in [2.45, 2.75) is 20.4 Å². The molecule has 0 spiro atoms. The molecule has 0 amide bonds. The monoisotopic (exact) mass is 396 g/mol. The van der Waals surface area contributed by atoms with Crippen LogP contribution in [-0.2, 0) is 6.54 Å². The van der Waals surface area contributed by atoms with Crippen LogP contribution >= 0.6 is 22.9 Å². The molecule has 0 radical (unpaired) electrons. The Hall–Kier alpha value is -2.63. The SMILES string of the molecule is Cc1cc2c(=O)n(-c3cccc(Cl)c3)c(=O)n(Cc3ccccc3C)c2s1. The van der Waals surface area contributed by atoms with Crippen LogP contribution in [0.1, 0.15) is 16.0 Å². The molecule has 4 rings (SSSR count). The lowest BCUT2D eigenvalue weighted by Gasteiger charge is -2.13. The van der Waals surface area contributed by atoms with E-state index in [1.165, 1.54) is 15.9 Å². The number of aryl methyl sites for hydroxylation is 2. The first-order chi connectivity index (χ1) is 13.0. The molecule has 4 nitrogen and oxygen atoms in total. The number of aromatic nitrogens is 2. The molecule has 0 N–H and O–H groups in total. The molecule has 0 saturated carbocycles. The van der Waals surface area contributed by atoms with Gasteiger partial charge in [-0.2, -0.15) is 0 Å². The maximum Gasteiger partial charge on any atom is 0.337 e. The number of fused-ring (bicyclic) bond motifs is 1. The van der Waals surface area contributed by atoms with Gasteiger partial charge in [0, 0.05) is 9.90 Å². The summed E-state index contributed by atoms with van der Waals surface area (Å²) in [7, 11) is 0. The van der Waals surface area contributed by atoms with Crippen LogP contribution in [0.25, 0.3) is 15.9 Å². The van der Waals surface area contributed by atoms with E-state index < -0.39 is 0 Å². The highest BCUT2D eigenvalue weighted by Gasteiger charge is 2.17. The molecule has 2 aromatic carbocycles. The topological polar surface area (TPSA) is 44.0 Å². The summed E-state index contributed by atoms with van der Waals surface area (Å²) in [6.45, 7) is 4.36. The quantitative estimate of drug-likeness (QED) is 0.510. The summed E-state index contributed by atoms with van der Waals surface area (Å²) < 4.78 is 2.89. The molecule has 4 aromatic rings. The zero-order valence-corrected chi connectivity index (χ0v) is 16.5. The van der Waals surface area contributed by atoms with Crippen molar-refractivity contribution in [3.8, 4) is 5.69 Å². The first-order valence-electron chi connectivity index (χ1n) is 8.52. The Labute approximate surface area is 164 Å². The van der Waals surface area contributed by atoms with Crippen molar-refractivity contribution in [2.75, 3.05) is 0 Å². The van der Waals surface area contributed by atoms with Crippen LogP contribution in [0.2, 0.25) is 5.02 Å². The predicted octanol–water partition coefficient (Wildman–Crippen LogP) is 4.53. The van der Waals surface area contributed by atoms with Crippen molar-refractivity contribution in [2.24, 2.45) is 0 Å². The van der Waals surface area contributed by atoms with Gasteiger partial charge in [-0.1, -0.05) is 41.9 Å². The fraction of sp³-hybridized carbons (Fsp3) is 0.143. The van der Waals surface area contributed by atoms with Gasteiger partial charge in [0.15, 0.2) is 0 Å². The van der Waals surface area contributed by atoms with Crippen LogP contribution in [0.15, 0.2) is 64.2 Å². The van der Waals surface area contributed by atoms with Gasteiger partial charge in [0.25, 0.3) is 5.56 Å². The third-order valence-electron chi connectivity index (χ3n) is 4.59. The minimum absolute atomic E-state index is 0.317. The van der Waals surface area contributed by atoms with Gasteiger partial charge in [0.2, 0.25) is 0 Å². The second kappa shape index (κ2) is 6.83. The number of thiophene rings is 1. The Balaban J connectivity index is 2.05. The van der Waals surface area contributed by atoms with E-state index in [4.69, 9.17) is 11.6 Å².